The number of nitrogens with zero attached hydrogens (tertiary/aromatic N) is 2. The zero-order valence-corrected chi connectivity index (χ0v) is 20.0. The van der Waals surface area contributed by atoms with Gasteiger partial charge in [-0.3, -0.25) is 4.98 Å². The van der Waals surface area contributed by atoms with Crippen LogP contribution in [0.25, 0.3) is 0 Å². The van der Waals surface area contributed by atoms with E-state index in [0.29, 0.717) is 25.4 Å². The van der Waals surface area contributed by atoms with Gasteiger partial charge in [-0.05, 0) is 48.0 Å². The van der Waals surface area contributed by atoms with E-state index in [0.717, 1.165) is 11.3 Å². The average molecular weight is 489 g/mol. The molecule has 9 heteroatoms. The standard InChI is InChI=1S/C24H25ClN2O5S/c1-3-27(4-2)33(29,30)23-15-19(10-13-22(23)25)24(28)32-16-18-8-11-21(12-9-18)31-17-20-7-5-6-14-26-20/h5-15H,3-4,16-17H2,1-2H3. The highest BCUT2D eigenvalue weighted by atomic mass is 35.5. The Morgan fingerprint density at radius 2 is 1.73 bits per heavy atom. The Labute approximate surface area is 199 Å². The summed E-state index contributed by atoms with van der Waals surface area (Å²) in [6, 6.07) is 16.9. The topological polar surface area (TPSA) is 85.8 Å². The summed E-state index contributed by atoms with van der Waals surface area (Å²) in [5.74, 6) is 0.0258. The molecular weight excluding hydrogens is 464 g/mol. The van der Waals surface area contributed by atoms with Gasteiger partial charge in [-0.1, -0.05) is 43.6 Å². The molecule has 7 nitrogen and oxygen atoms in total. The van der Waals surface area contributed by atoms with Crippen molar-refractivity contribution < 1.29 is 22.7 Å². The molecule has 0 saturated carbocycles. The van der Waals surface area contributed by atoms with Gasteiger partial charge in [0.25, 0.3) is 0 Å². The molecule has 1 aromatic heterocycles. The number of ether oxygens (including phenoxy) is 2. The number of pyridine rings is 1. The molecule has 3 aromatic rings. The van der Waals surface area contributed by atoms with Crippen molar-refractivity contribution in [2.75, 3.05) is 13.1 Å². The van der Waals surface area contributed by atoms with Crippen LogP contribution in [0.1, 0.15) is 35.5 Å². The molecule has 0 aliphatic heterocycles. The van der Waals surface area contributed by atoms with Crippen LogP contribution in [0.15, 0.2) is 71.8 Å². The van der Waals surface area contributed by atoms with Gasteiger partial charge in [0.15, 0.2) is 0 Å². The summed E-state index contributed by atoms with van der Waals surface area (Å²) in [5.41, 5.74) is 1.69. The van der Waals surface area contributed by atoms with Crippen LogP contribution in [-0.2, 0) is 28.0 Å². The maximum absolute atomic E-state index is 12.8. The number of carbonyl (C=O) groups is 1. The van der Waals surface area contributed by atoms with E-state index < -0.39 is 16.0 Å². The number of hydrogen-bond donors (Lipinski definition) is 0. The second-order valence-electron chi connectivity index (χ2n) is 7.06. The van der Waals surface area contributed by atoms with Crippen molar-refractivity contribution in [3.8, 4) is 5.75 Å². The predicted molar refractivity (Wildman–Crippen MR) is 126 cm³/mol. The molecule has 33 heavy (non-hydrogen) atoms. The van der Waals surface area contributed by atoms with Gasteiger partial charge in [-0.25, -0.2) is 13.2 Å². The summed E-state index contributed by atoms with van der Waals surface area (Å²) in [4.78, 5) is 16.6. The van der Waals surface area contributed by atoms with Crippen LogP contribution in [0.2, 0.25) is 5.02 Å². The van der Waals surface area contributed by atoms with Gasteiger partial charge in [0.2, 0.25) is 10.0 Å². The van der Waals surface area contributed by atoms with Gasteiger partial charge in [0.1, 0.15) is 23.9 Å². The van der Waals surface area contributed by atoms with E-state index in [4.69, 9.17) is 21.1 Å². The number of sulfonamides is 1. The zero-order chi connectivity index (χ0) is 23.8. The first kappa shape index (κ1) is 24.7. The largest absolute Gasteiger partial charge is 0.487 e. The highest BCUT2D eigenvalue weighted by Gasteiger charge is 2.25. The summed E-state index contributed by atoms with van der Waals surface area (Å²) in [6.45, 7) is 4.45. The first-order chi connectivity index (χ1) is 15.8. The molecule has 0 aliphatic carbocycles. The van der Waals surface area contributed by atoms with Crippen LogP contribution in [0.5, 0.6) is 5.75 Å². The third-order valence-electron chi connectivity index (χ3n) is 4.90. The molecule has 3 rings (SSSR count). The zero-order valence-electron chi connectivity index (χ0n) is 18.4. The maximum Gasteiger partial charge on any atom is 0.338 e. The van der Waals surface area contributed by atoms with Gasteiger partial charge < -0.3 is 9.47 Å². The fraction of sp³-hybridized carbons (Fsp3) is 0.250. The van der Waals surface area contributed by atoms with Crippen LogP contribution >= 0.6 is 11.6 Å². The Kier molecular flexibility index (Phi) is 8.43. The highest BCUT2D eigenvalue weighted by Crippen LogP contribution is 2.26. The number of benzene rings is 2. The average Bonchev–Trinajstić information content (AvgIpc) is 2.83. The molecule has 1 heterocycles. The predicted octanol–water partition coefficient (Wildman–Crippen LogP) is 4.70. The number of hydrogen-bond acceptors (Lipinski definition) is 6. The Morgan fingerprint density at radius 3 is 2.36 bits per heavy atom. The number of carbonyl (C=O) groups excluding carboxylic acids is 1. The molecule has 0 radical (unpaired) electrons. The van der Waals surface area contributed by atoms with E-state index >= 15 is 0 Å². The molecule has 0 N–H and O–H groups in total. The Hall–Kier alpha value is -2.94. The van der Waals surface area contributed by atoms with Crippen molar-refractivity contribution in [3.63, 3.8) is 0 Å². The van der Waals surface area contributed by atoms with Crippen LogP contribution in [0.3, 0.4) is 0 Å². The lowest BCUT2D eigenvalue weighted by Gasteiger charge is -2.19. The van der Waals surface area contributed by atoms with E-state index in [2.05, 4.69) is 4.98 Å². The lowest BCUT2D eigenvalue weighted by atomic mass is 10.2. The quantitative estimate of drug-likeness (QED) is 0.384. The van der Waals surface area contributed by atoms with E-state index in [-0.39, 0.29) is 22.1 Å². The molecule has 0 atom stereocenters. The molecule has 174 valence electrons. The molecule has 0 saturated heterocycles. The van der Waals surface area contributed by atoms with Crippen LogP contribution in [0.4, 0.5) is 0 Å². The summed E-state index contributed by atoms with van der Waals surface area (Å²) < 4.78 is 38.0. The summed E-state index contributed by atoms with van der Waals surface area (Å²) in [5, 5.41) is 0.0553. The smallest absolute Gasteiger partial charge is 0.338 e. The molecule has 0 spiro atoms. The normalized spacial score (nSPS) is 11.4. The van der Waals surface area contributed by atoms with Gasteiger partial charge in [0, 0.05) is 19.3 Å². The molecular formula is C24H25ClN2O5S. The Bertz CT molecular complexity index is 1180. The Morgan fingerprint density at radius 1 is 1.00 bits per heavy atom. The van der Waals surface area contributed by atoms with Crippen LogP contribution in [0, 0.1) is 0 Å². The first-order valence-corrected chi connectivity index (χ1v) is 12.3. The van der Waals surface area contributed by atoms with E-state index in [1.807, 2.05) is 18.2 Å². The second kappa shape index (κ2) is 11.3. The van der Waals surface area contributed by atoms with Gasteiger partial charge in [-0.15, -0.1) is 0 Å². The minimum Gasteiger partial charge on any atom is -0.487 e. The highest BCUT2D eigenvalue weighted by molar-refractivity contribution is 7.89. The molecule has 0 amide bonds. The summed E-state index contributed by atoms with van der Waals surface area (Å²) in [6.07, 6.45) is 1.71. The maximum atomic E-state index is 12.8. The third kappa shape index (κ3) is 6.31. The SMILES string of the molecule is CCN(CC)S(=O)(=O)c1cc(C(=O)OCc2ccc(OCc3ccccn3)cc2)ccc1Cl. The fourth-order valence-electron chi connectivity index (χ4n) is 3.09. The lowest BCUT2D eigenvalue weighted by molar-refractivity contribution is 0.0472. The van der Waals surface area contributed by atoms with Crippen LogP contribution < -0.4 is 4.74 Å². The van der Waals surface area contributed by atoms with Gasteiger partial charge >= 0.3 is 5.97 Å². The van der Waals surface area contributed by atoms with Crippen molar-refractivity contribution in [2.24, 2.45) is 0 Å². The van der Waals surface area contributed by atoms with Crippen molar-refractivity contribution >= 4 is 27.6 Å². The molecule has 0 fully saturated rings. The number of halogens is 1. The molecule has 0 aliphatic rings. The minimum absolute atomic E-state index is 0.0279. The number of aromatic nitrogens is 1. The van der Waals surface area contributed by atoms with Crippen LogP contribution in [-0.4, -0.2) is 36.8 Å². The van der Waals surface area contributed by atoms with E-state index in [1.165, 1.54) is 22.5 Å². The number of esters is 1. The van der Waals surface area contributed by atoms with Crippen molar-refractivity contribution in [1.82, 2.24) is 9.29 Å². The molecule has 0 bridgehead atoms. The third-order valence-corrected chi connectivity index (χ3v) is 7.43. The molecule has 2 aromatic carbocycles. The van der Waals surface area contributed by atoms with Gasteiger partial charge in [-0.2, -0.15) is 4.31 Å². The minimum atomic E-state index is -3.81. The van der Waals surface area contributed by atoms with Crippen molar-refractivity contribution in [1.29, 1.82) is 0 Å². The monoisotopic (exact) mass is 488 g/mol. The second-order valence-corrected chi connectivity index (χ2v) is 9.38. The van der Waals surface area contributed by atoms with Crippen molar-refractivity contribution in [3.05, 3.63) is 88.7 Å². The lowest BCUT2D eigenvalue weighted by Crippen LogP contribution is -2.31. The van der Waals surface area contributed by atoms with E-state index in [9.17, 15) is 13.2 Å². The fourth-order valence-corrected chi connectivity index (χ4v) is 5.04. The van der Waals surface area contributed by atoms with E-state index in [1.54, 1.807) is 44.3 Å². The summed E-state index contributed by atoms with van der Waals surface area (Å²) in [7, 11) is -3.81. The Balaban J connectivity index is 1.62. The summed E-state index contributed by atoms with van der Waals surface area (Å²) >= 11 is 6.12. The van der Waals surface area contributed by atoms with Gasteiger partial charge in [0.05, 0.1) is 16.3 Å². The first-order valence-electron chi connectivity index (χ1n) is 10.4. The van der Waals surface area contributed by atoms with Crippen molar-refractivity contribution in [2.45, 2.75) is 32.0 Å². The number of rotatable bonds is 10. The molecule has 0 unspecified atom stereocenters.